The lowest BCUT2D eigenvalue weighted by atomic mass is 10.1. The highest BCUT2D eigenvalue weighted by molar-refractivity contribution is 5.98. The Bertz CT molecular complexity index is 1150. The minimum Gasteiger partial charge on any atom is -0.493 e. The first kappa shape index (κ1) is 23.1. The van der Waals surface area contributed by atoms with Gasteiger partial charge in [0.15, 0.2) is 18.1 Å². The van der Waals surface area contributed by atoms with E-state index in [1.165, 1.54) is 13.3 Å². The summed E-state index contributed by atoms with van der Waals surface area (Å²) in [5, 5.41) is 4.08. The van der Waals surface area contributed by atoms with Gasteiger partial charge in [0.25, 0.3) is 11.8 Å². The summed E-state index contributed by atoms with van der Waals surface area (Å²) in [6.07, 6.45) is 5.26. The molecule has 2 amide bonds. The molecule has 1 aliphatic rings. The van der Waals surface area contributed by atoms with Crippen LogP contribution in [0, 0.1) is 0 Å². The standard InChI is InChI=1S/C25H26N4O5/c1-32-23-16-19(8-9-22(23)34-18-24(30)29-12-14-33-15-13-29)17-26-27-25(31)20-6-2-3-7-21(20)28-10-4-5-11-28/h2-11,16-17H,12-15,18H2,1H3,(H,27,31)/b26-17-. The van der Waals surface area contributed by atoms with Gasteiger partial charge in [-0.25, -0.2) is 5.43 Å². The zero-order valence-corrected chi connectivity index (χ0v) is 18.8. The fourth-order valence-corrected chi connectivity index (χ4v) is 3.54. The maximum atomic E-state index is 12.7. The molecule has 2 heterocycles. The van der Waals surface area contributed by atoms with E-state index in [1.54, 1.807) is 35.2 Å². The first-order valence-electron chi connectivity index (χ1n) is 10.9. The van der Waals surface area contributed by atoms with Crippen molar-refractivity contribution in [1.82, 2.24) is 14.9 Å². The number of ether oxygens (including phenoxy) is 3. The lowest BCUT2D eigenvalue weighted by Gasteiger charge is -2.26. The maximum Gasteiger partial charge on any atom is 0.273 e. The number of hydrogen-bond donors (Lipinski definition) is 1. The molecule has 176 valence electrons. The molecule has 1 aromatic heterocycles. The number of benzene rings is 2. The van der Waals surface area contributed by atoms with Gasteiger partial charge in [0.05, 0.1) is 37.8 Å². The van der Waals surface area contributed by atoms with Crippen LogP contribution in [0.5, 0.6) is 11.5 Å². The van der Waals surface area contributed by atoms with E-state index in [4.69, 9.17) is 14.2 Å². The van der Waals surface area contributed by atoms with Crippen molar-refractivity contribution in [2.75, 3.05) is 40.0 Å². The molecule has 1 saturated heterocycles. The Morgan fingerprint density at radius 1 is 1.06 bits per heavy atom. The quantitative estimate of drug-likeness (QED) is 0.410. The van der Waals surface area contributed by atoms with Gasteiger partial charge in [-0.05, 0) is 48.0 Å². The third kappa shape index (κ3) is 5.62. The second-order valence-electron chi connectivity index (χ2n) is 7.50. The molecule has 1 N–H and O–H groups in total. The Morgan fingerprint density at radius 3 is 2.59 bits per heavy atom. The summed E-state index contributed by atoms with van der Waals surface area (Å²) in [4.78, 5) is 26.7. The number of aromatic nitrogens is 1. The first-order valence-corrected chi connectivity index (χ1v) is 10.9. The number of rotatable bonds is 8. The number of hydrazone groups is 1. The number of nitrogens with zero attached hydrogens (tertiary/aromatic N) is 3. The van der Waals surface area contributed by atoms with Gasteiger partial charge in [-0.15, -0.1) is 0 Å². The number of methoxy groups -OCH3 is 1. The minimum atomic E-state index is -0.325. The van der Waals surface area contributed by atoms with Crippen LogP contribution in [-0.2, 0) is 9.53 Å². The van der Waals surface area contributed by atoms with E-state index in [0.717, 1.165) is 5.69 Å². The van der Waals surface area contributed by atoms with Crippen LogP contribution in [0.1, 0.15) is 15.9 Å². The molecule has 3 aromatic rings. The van der Waals surface area contributed by atoms with Gasteiger partial charge in [0.2, 0.25) is 0 Å². The predicted molar refractivity (Wildman–Crippen MR) is 127 cm³/mol. The molecule has 9 nitrogen and oxygen atoms in total. The number of para-hydroxylation sites is 1. The molecular weight excluding hydrogens is 436 g/mol. The van der Waals surface area contributed by atoms with Crippen molar-refractivity contribution in [1.29, 1.82) is 0 Å². The van der Waals surface area contributed by atoms with Crippen molar-refractivity contribution in [2.24, 2.45) is 5.10 Å². The van der Waals surface area contributed by atoms with Crippen LogP contribution in [0.4, 0.5) is 0 Å². The molecule has 0 spiro atoms. The summed E-state index contributed by atoms with van der Waals surface area (Å²) < 4.78 is 18.2. The second kappa shape index (κ2) is 11.2. The van der Waals surface area contributed by atoms with E-state index in [0.29, 0.717) is 48.9 Å². The van der Waals surface area contributed by atoms with E-state index in [9.17, 15) is 9.59 Å². The van der Waals surface area contributed by atoms with Gasteiger partial charge in [0, 0.05) is 25.5 Å². The van der Waals surface area contributed by atoms with Crippen LogP contribution in [0.25, 0.3) is 5.69 Å². The van der Waals surface area contributed by atoms with Crippen molar-refractivity contribution >= 4 is 18.0 Å². The van der Waals surface area contributed by atoms with Gasteiger partial charge in [-0.2, -0.15) is 5.10 Å². The summed E-state index contributed by atoms with van der Waals surface area (Å²) in [6, 6.07) is 16.3. The third-order valence-corrected chi connectivity index (χ3v) is 5.31. The summed E-state index contributed by atoms with van der Waals surface area (Å²) in [7, 11) is 1.52. The summed E-state index contributed by atoms with van der Waals surface area (Å²) in [5.74, 6) is 0.488. The molecule has 0 aliphatic carbocycles. The second-order valence-corrected chi connectivity index (χ2v) is 7.50. The smallest absolute Gasteiger partial charge is 0.273 e. The number of hydrogen-bond acceptors (Lipinski definition) is 6. The van der Waals surface area contributed by atoms with E-state index in [1.807, 2.05) is 41.2 Å². The van der Waals surface area contributed by atoms with E-state index < -0.39 is 0 Å². The first-order chi connectivity index (χ1) is 16.7. The maximum absolute atomic E-state index is 12.7. The fraction of sp³-hybridized carbons (Fsp3) is 0.240. The molecule has 0 bridgehead atoms. The van der Waals surface area contributed by atoms with Crippen LogP contribution in [0.15, 0.2) is 72.1 Å². The minimum absolute atomic E-state index is 0.0827. The lowest BCUT2D eigenvalue weighted by molar-refractivity contribution is -0.137. The molecule has 0 radical (unpaired) electrons. The third-order valence-electron chi connectivity index (χ3n) is 5.31. The van der Waals surface area contributed by atoms with Crippen LogP contribution < -0.4 is 14.9 Å². The normalized spacial score (nSPS) is 13.6. The largest absolute Gasteiger partial charge is 0.493 e. The van der Waals surface area contributed by atoms with Crippen LogP contribution in [0.2, 0.25) is 0 Å². The molecule has 0 atom stereocenters. The molecule has 34 heavy (non-hydrogen) atoms. The van der Waals surface area contributed by atoms with Gasteiger partial charge in [-0.3, -0.25) is 9.59 Å². The topological polar surface area (TPSA) is 94.4 Å². The number of morpholine rings is 1. The van der Waals surface area contributed by atoms with Crippen molar-refractivity contribution in [2.45, 2.75) is 0 Å². The highest BCUT2D eigenvalue weighted by Crippen LogP contribution is 2.27. The van der Waals surface area contributed by atoms with Crippen molar-refractivity contribution in [3.8, 4) is 17.2 Å². The summed E-state index contributed by atoms with van der Waals surface area (Å²) >= 11 is 0. The van der Waals surface area contributed by atoms with Crippen LogP contribution >= 0.6 is 0 Å². The molecule has 0 saturated carbocycles. The monoisotopic (exact) mass is 462 g/mol. The summed E-state index contributed by atoms with van der Waals surface area (Å²) in [6.45, 7) is 2.13. The average Bonchev–Trinajstić information content (AvgIpc) is 3.43. The Kier molecular flexibility index (Phi) is 7.56. The molecule has 0 unspecified atom stereocenters. The van der Waals surface area contributed by atoms with Crippen molar-refractivity contribution in [3.63, 3.8) is 0 Å². The van der Waals surface area contributed by atoms with Gasteiger partial charge >= 0.3 is 0 Å². The SMILES string of the molecule is COc1cc(/C=N\NC(=O)c2ccccc2-n2cccc2)ccc1OCC(=O)N1CCOCC1. The molecule has 1 aliphatic heterocycles. The number of nitrogens with one attached hydrogen (secondary N) is 1. The van der Waals surface area contributed by atoms with E-state index in [-0.39, 0.29) is 18.4 Å². The molecule has 2 aromatic carbocycles. The van der Waals surface area contributed by atoms with Crippen molar-refractivity contribution < 1.29 is 23.8 Å². The average molecular weight is 463 g/mol. The number of carbonyl (C=O) groups excluding carboxylic acids is 2. The number of carbonyl (C=O) groups is 2. The lowest BCUT2D eigenvalue weighted by Crippen LogP contribution is -2.43. The Hall–Kier alpha value is -4.11. The highest BCUT2D eigenvalue weighted by Gasteiger charge is 2.18. The zero-order valence-electron chi connectivity index (χ0n) is 18.8. The highest BCUT2D eigenvalue weighted by atomic mass is 16.5. The predicted octanol–water partition coefficient (Wildman–Crippen LogP) is 2.49. The zero-order chi connectivity index (χ0) is 23.8. The van der Waals surface area contributed by atoms with Gasteiger partial charge in [-0.1, -0.05) is 12.1 Å². The van der Waals surface area contributed by atoms with Crippen molar-refractivity contribution in [3.05, 3.63) is 78.1 Å². The Morgan fingerprint density at radius 2 is 1.82 bits per heavy atom. The van der Waals surface area contributed by atoms with Crippen LogP contribution in [-0.4, -0.2) is 67.5 Å². The van der Waals surface area contributed by atoms with Crippen LogP contribution in [0.3, 0.4) is 0 Å². The van der Waals surface area contributed by atoms with Gasteiger partial charge < -0.3 is 23.7 Å². The molecular formula is C25H26N4O5. The number of amides is 2. The van der Waals surface area contributed by atoms with E-state index in [2.05, 4.69) is 10.5 Å². The van der Waals surface area contributed by atoms with Gasteiger partial charge in [0.1, 0.15) is 0 Å². The Balaban J connectivity index is 1.37. The molecule has 4 rings (SSSR count). The summed E-state index contributed by atoms with van der Waals surface area (Å²) in [5.41, 5.74) is 4.52. The fourth-order valence-electron chi connectivity index (χ4n) is 3.54. The Labute approximate surface area is 197 Å². The molecule has 1 fully saturated rings. The molecule has 9 heteroatoms. The van der Waals surface area contributed by atoms with E-state index >= 15 is 0 Å².